The third-order valence-corrected chi connectivity index (χ3v) is 6.74. The summed E-state index contributed by atoms with van der Waals surface area (Å²) in [6, 6.07) is 5.33. The van der Waals surface area contributed by atoms with E-state index in [-0.39, 0.29) is 6.61 Å². The first-order valence-electron chi connectivity index (χ1n) is 11.3. The normalized spacial score (nSPS) is 16.6. The summed E-state index contributed by atoms with van der Waals surface area (Å²) >= 11 is 1.39. The molecule has 9 heteroatoms. The van der Waals surface area contributed by atoms with Gasteiger partial charge in [0, 0.05) is 11.0 Å². The van der Waals surface area contributed by atoms with Crippen LogP contribution in [0.1, 0.15) is 46.6 Å². The number of rotatable bonds is 7. The second-order valence-electron chi connectivity index (χ2n) is 8.17. The summed E-state index contributed by atoms with van der Waals surface area (Å²) in [5.41, 5.74) is 2.12. The summed E-state index contributed by atoms with van der Waals surface area (Å²) < 4.78 is 21.3. The Bertz CT molecular complexity index is 1120. The van der Waals surface area contributed by atoms with Gasteiger partial charge >= 0.3 is 11.9 Å². The molecule has 1 unspecified atom stereocenters. The first kappa shape index (κ1) is 23.8. The molecule has 0 radical (unpaired) electrons. The molecule has 1 aromatic carbocycles. The minimum absolute atomic E-state index is 0.251. The zero-order valence-electron chi connectivity index (χ0n) is 19.2. The van der Waals surface area contributed by atoms with Crippen molar-refractivity contribution in [1.82, 2.24) is 0 Å². The van der Waals surface area contributed by atoms with Gasteiger partial charge in [0.1, 0.15) is 18.2 Å². The monoisotopic (exact) mass is 485 g/mol. The Morgan fingerprint density at radius 1 is 1.18 bits per heavy atom. The highest BCUT2D eigenvalue weighted by molar-refractivity contribution is 7.17. The maximum atomic E-state index is 12.6. The first-order valence-corrected chi connectivity index (χ1v) is 12.1. The summed E-state index contributed by atoms with van der Waals surface area (Å²) in [7, 11) is 0. The molecule has 2 heterocycles. The molecule has 1 aliphatic heterocycles. The number of ether oxygens (including phenoxy) is 4. The summed E-state index contributed by atoms with van der Waals surface area (Å²) in [4.78, 5) is 38.2. The number of amides is 1. The Morgan fingerprint density at radius 2 is 1.97 bits per heavy atom. The van der Waals surface area contributed by atoms with Gasteiger partial charge in [-0.05, 0) is 61.4 Å². The zero-order chi connectivity index (χ0) is 24.1. The van der Waals surface area contributed by atoms with Gasteiger partial charge in [0.25, 0.3) is 5.91 Å². The maximum Gasteiger partial charge on any atom is 0.341 e. The van der Waals surface area contributed by atoms with Gasteiger partial charge in [0.15, 0.2) is 18.1 Å². The summed E-state index contributed by atoms with van der Waals surface area (Å²) in [6.07, 6.45) is 5.44. The van der Waals surface area contributed by atoms with Gasteiger partial charge in [0.05, 0.1) is 12.2 Å². The van der Waals surface area contributed by atoms with Crippen LogP contribution in [0.15, 0.2) is 24.3 Å². The van der Waals surface area contributed by atoms with Crippen molar-refractivity contribution >= 4 is 40.3 Å². The fraction of sp³-hybridized carbons (Fsp3) is 0.400. The predicted molar refractivity (Wildman–Crippen MR) is 128 cm³/mol. The summed E-state index contributed by atoms with van der Waals surface area (Å²) in [6.45, 7) is 4.68. The number of benzene rings is 1. The van der Waals surface area contributed by atoms with Gasteiger partial charge in [0.2, 0.25) is 0 Å². The maximum absolute atomic E-state index is 12.6. The summed E-state index contributed by atoms with van der Waals surface area (Å²) in [5.74, 6) is 0.185. The van der Waals surface area contributed by atoms with Crippen LogP contribution in [0.4, 0.5) is 5.00 Å². The fourth-order valence-electron chi connectivity index (χ4n) is 3.93. The quantitative estimate of drug-likeness (QED) is 0.467. The fourth-order valence-corrected chi connectivity index (χ4v) is 5.35. The Morgan fingerprint density at radius 3 is 2.76 bits per heavy atom. The van der Waals surface area contributed by atoms with Crippen molar-refractivity contribution in [2.45, 2.75) is 33.1 Å². The molecule has 4 rings (SSSR count). The van der Waals surface area contributed by atoms with Crippen molar-refractivity contribution in [3.63, 3.8) is 0 Å². The minimum Gasteiger partial charge on any atom is -0.486 e. The Labute approximate surface area is 201 Å². The van der Waals surface area contributed by atoms with Gasteiger partial charge in [-0.25, -0.2) is 9.59 Å². The molecular weight excluding hydrogens is 458 g/mol. The molecule has 2 aliphatic rings. The lowest BCUT2D eigenvalue weighted by molar-refractivity contribution is -0.142. The van der Waals surface area contributed by atoms with E-state index in [1.54, 1.807) is 31.2 Å². The van der Waals surface area contributed by atoms with Gasteiger partial charge in [-0.15, -0.1) is 11.3 Å². The molecule has 2 aromatic rings. The Kier molecular flexibility index (Phi) is 7.52. The molecule has 0 bridgehead atoms. The van der Waals surface area contributed by atoms with Crippen LogP contribution in [0.3, 0.4) is 0 Å². The lowest BCUT2D eigenvalue weighted by atomic mass is 9.88. The number of hydrogen-bond donors (Lipinski definition) is 1. The van der Waals surface area contributed by atoms with Gasteiger partial charge < -0.3 is 24.3 Å². The summed E-state index contributed by atoms with van der Waals surface area (Å²) in [5, 5.41) is 3.18. The average molecular weight is 486 g/mol. The SMILES string of the molecule is CCOC(=O)c1c(NC(=O)COC(=O)C=Cc2ccc3c(c2)OCCO3)sc2c1CCC(C)C2. The van der Waals surface area contributed by atoms with Crippen molar-refractivity contribution in [1.29, 1.82) is 0 Å². The largest absolute Gasteiger partial charge is 0.486 e. The van der Waals surface area contributed by atoms with E-state index in [1.807, 2.05) is 0 Å². The third-order valence-electron chi connectivity index (χ3n) is 5.57. The predicted octanol–water partition coefficient (Wildman–Crippen LogP) is 4.02. The molecular formula is C25H27NO7S. The topological polar surface area (TPSA) is 100 Å². The number of nitrogens with one attached hydrogen (secondary N) is 1. The van der Waals surface area contributed by atoms with E-state index >= 15 is 0 Å². The van der Waals surface area contributed by atoms with E-state index in [4.69, 9.17) is 18.9 Å². The molecule has 34 heavy (non-hydrogen) atoms. The molecule has 1 atom stereocenters. The number of thiophene rings is 1. The molecule has 1 aromatic heterocycles. The van der Waals surface area contributed by atoms with E-state index in [0.29, 0.717) is 41.2 Å². The number of anilines is 1. The van der Waals surface area contributed by atoms with Crippen molar-refractivity contribution in [2.75, 3.05) is 31.7 Å². The number of carbonyl (C=O) groups excluding carboxylic acids is 3. The first-order chi connectivity index (χ1) is 16.4. The third kappa shape index (κ3) is 5.59. The van der Waals surface area contributed by atoms with E-state index in [9.17, 15) is 14.4 Å². The smallest absolute Gasteiger partial charge is 0.341 e. The van der Waals surface area contributed by atoms with Crippen LogP contribution in [0, 0.1) is 5.92 Å². The van der Waals surface area contributed by atoms with E-state index < -0.39 is 24.5 Å². The number of hydrogen-bond acceptors (Lipinski definition) is 8. The Balaban J connectivity index is 1.36. The molecule has 0 saturated carbocycles. The van der Waals surface area contributed by atoms with Gasteiger partial charge in [-0.1, -0.05) is 13.0 Å². The molecule has 8 nitrogen and oxygen atoms in total. The van der Waals surface area contributed by atoms with Crippen LogP contribution >= 0.6 is 11.3 Å². The van der Waals surface area contributed by atoms with E-state index in [1.165, 1.54) is 17.4 Å². The average Bonchev–Trinajstić information content (AvgIpc) is 3.18. The van der Waals surface area contributed by atoms with Crippen LogP contribution < -0.4 is 14.8 Å². The number of carbonyl (C=O) groups is 3. The van der Waals surface area contributed by atoms with Crippen molar-refractivity contribution < 1.29 is 33.3 Å². The number of esters is 2. The highest BCUT2D eigenvalue weighted by Gasteiger charge is 2.29. The van der Waals surface area contributed by atoms with E-state index in [0.717, 1.165) is 35.3 Å². The highest BCUT2D eigenvalue weighted by Crippen LogP contribution is 2.40. The lowest BCUT2D eigenvalue weighted by Crippen LogP contribution is -2.21. The minimum atomic E-state index is -0.657. The van der Waals surface area contributed by atoms with Crippen LogP contribution in [0.25, 0.3) is 6.08 Å². The molecule has 1 N–H and O–H groups in total. The molecule has 1 aliphatic carbocycles. The van der Waals surface area contributed by atoms with Gasteiger partial charge in [-0.2, -0.15) is 0 Å². The zero-order valence-corrected chi connectivity index (χ0v) is 20.0. The highest BCUT2D eigenvalue weighted by atomic mass is 32.1. The van der Waals surface area contributed by atoms with Crippen molar-refractivity contribution in [2.24, 2.45) is 5.92 Å². The van der Waals surface area contributed by atoms with Crippen LogP contribution in [0.5, 0.6) is 11.5 Å². The van der Waals surface area contributed by atoms with Gasteiger partial charge in [-0.3, -0.25) is 4.79 Å². The molecule has 0 fully saturated rings. The molecule has 180 valence electrons. The lowest BCUT2D eigenvalue weighted by Gasteiger charge is -2.18. The van der Waals surface area contributed by atoms with Crippen molar-refractivity contribution in [3.8, 4) is 11.5 Å². The Hall–Kier alpha value is -3.33. The second kappa shape index (κ2) is 10.7. The van der Waals surface area contributed by atoms with Crippen molar-refractivity contribution in [3.05, 3.63) is 45.8 Å². The number of fused-ring (bicyclic) bond motifs is 2. The van der Waals surface area contributed by atoms with Crippen LogP contribution in [0.2, 0.25) is 0 Å². The molecule has 0 saturated heterocycles. The van der Waals surface area contributed by atoms with E-state index in [2.05, 4.69) is 12.2 Å². The standard InChI is InChI=1S/C25H27NO7S/c1-3-30-25(29)23-17-7-4-15(2)12-20(17)34-24(23)26-21(27)14-33-22(28)9-6-16-5-8-18-19(13-16)32-11-10-31-18/h5-6,8-9,13,15H,3-4,7,10-12,14H2,1-2H3,(H,26,27). The van der Waals surface area contributed by atoms with Crippen LogP contribution in [-0.4, -0.2) is 44.3 Å². The van der Waals surface area contributed by atoms with Crippen LogP contribution in [-0.2, 0) is 31.9 Å². The molecule has 1 amide bonds. The molecule has 0 spiro atoms. The second-order valence-corrected chi connectivity index (χ2v) is 9.27.